The van der Waals surface area contributed by atoms with Gasteiger partial charge in [-0.05, 0) is 123 Å². The summed E-state index contributed by atoms with van der Waals surface area (Å²) in [6, 6.07) is 15.5. The highest BCUT2D eigenvalue weighted by Gasteiger charge is 2.31. The molecule has 2 fully saturated rings. The molecule has 0 aliphatic heterocycles. The van der Waals surface area contributed by atoms with E-state index in [4.69, 9.17) is 4.74 Å². The third-order valence-electron chi connectivity index (χ3n) is 9.38. The number of rotatable bonds is 9. The van der Waals surface area contributed by atoms with Gasteiger partial charge in [-0.25, -0.2) is 8.78 Å². The van der Waals surface area contributed by atoms with Gasteiger partial charge in [0.05, 0.1) is 6.61 Å². The zero-order chi connectivity index (χ0) is 28.8. The molecule has 2 aliphatic rings. The molecule has 0 bridgehead atoms. The summed E-state index contributed by atoms with van der Waals surface area (Å²) < 4.78 is 50.2. The minimum Gasteiger partial charge on any atom is -0.490 e. The average molecular weight is 559 g/mol. The maximum absolute atomic E-state index is 15.3. The number of hydrogen-bond acceptors (Lipinski definition) is 1. The molecule has 41 heavy (non-hydrogen) atoms. The molecule has 0 saturated heterocycles. The lowest BCUT2D eigenvalue weighted by molar-refractivity contribution is 0.171. The zero-order valence-electron chi connectivity index (χ0n) is 24.1. The van der Waals surface area contributed by atoms with Crippen LogP contribution in [-0.2, 0) is 0 Å². The normalized spacial score (nSPS) is 23.0. The van der Waals surface area contributed by atoms with E-state index in [9.17, 15) is 8.78 Å². The van der Waals surface area contributed by atoms with Gasteiger partial charge in [-0.3, -0.25) is 0 Å². The van der Waals surface area contributed by atoms with Gasteiger partial charge in [0.2, 0.25) is 5.82 Å². The van der Waals surface area contributed by atoms with E-state index < -0.39 is 11.6 Å². The highest BCUT2D eigenvalue weighted by molar-refractivity contribution is 5.71. The minimum atomic E-state index is -0.997. The van der Waals surface area contributed by atoms with E-state index in [0.29, 0.717) is 34.9 Å². The fourth-order valence-electron chi connectivity index (χ4n) is 6.89. The van der Waals surface area contributed by atoms with Gasteiger partial charge in [0.1, 0.15) is 5.82 Å². The van der Waals surface area contributed by atoms with Gasteiger partial charge in [0.25, 0.3) is 0 Å². The van der Waals surface area contributed by atoms with Crippen molar-refractivity contribution >= 4 is 0 Å². The molecular weight excluding hydrogens is 517 g/mol. The first-order valence-electron chi connectivity index (χ1n) is 15.2. The fraction of sp³-hybridized carbons (Fsp3) is 0.405. The lowest BCUT2D eigenvalue weighted by Crippen LogP contribution is -2.25. The van der Waals surface area contributed by atoms with Gasteiger partial charge in [-0.15, -0.1) is 6.58 Å². The summed E-state index contributed by atoms with van der Waals surface area (Å²) in [6.45, 7) is 6.14. The molecular formula is C37H41F3O. The van der Waals surface area contributed by atoms with Crippen LogP contribution in [0.15, 0.2) is 79.4 Å². The minimum absolute atomic E-state index is 0.0985. The summed E-state index contributed by atoms with van der Waals surface area (Å²) in [5.41, 5.74) is 2.99. The Labute approximate surface area is 243 Å². The van der Waals surface area contributed by atoms with Gasteiger partial charge < -0.3 is 4.74 Å². The molecule has 5 rings (SSSR count). The van der Waals surface area contributed by atoms with Crippen molar-refractivity contribution in [2.45, 2.75) is 70.6 Å². The van der Waals surface area contributed by atoms with Crippen molar-refractivity contribution in [2.24, 2.45) is 17.8 Å². The largest absolute Gasteiger partial charge is 0.490 e. The summed E-state index contributed by atoms with van der Waals surface area (Å²) in [5, 5.41) is 0. The molecule has 2 aliphatic carbocycles. The Kier molecular flexibility index (Phi) is 9.69. The molecule has 0 radical (unpaired) electrons. The van der Waals surface area contributed by atoms with Crippen molar-refractivity contribution in [3.63, 3.8) is 0 Å². The molecule has 0 spiro atoms. The van der Waals surface area contributed by atoms with Crippen LogP contribution in [0.2, 0.25) is 0 Å². The van der Waals surface area contributed by atoms with Crippen LogP contribution in [0.25, 0.3) is 22.3 Å². The molecule has 0 unspecified atom stereocenters. The summed E-state index contributed by atoms with van der Waals surface area (Å²) in [6.07, 6.45) is 16.5. The topological polar surface area (TPSA) is 9.23 Å². The molecule has 0 aromatic heterocycles. The lowest BCUT2D eigenvalue weighted by Gasteiger charge is -2.37. The Morgan fingerprint density at radius 3 is 1.98 bits per heavy atom. The van der Waals surface area contributed by atoms with E-state index in [1.807, 2.05) is 25.1 Å². The van der Waals surface area contributed by atoms with Crippen LogP contribution in [0.4, 0.5) is 13.2 Å². The Morgan fingerprint density at radius 2 is 1.37 bits per heavy atom. The predicted molar refractivity (Wildman–Crippen MR) is 162 cm³/mol. The van der Waals surface area contributed by atoms with Crippen molar-refractivity contribution in [3.8, 4) is 28.0 Å². The standard InChI is InChI=1S/C37H41F3O/c1-3-5-6-23-41-35-22-21-33(36(39)37(35)40)30-17-15-29(16-18-30)32-20-19-31(24-34(32)38)28-13-11-27(12-14-28)26-9-7-25(4-2)8-10-26/h3-5,15-22,24-28H,2,6-14,23H2,1H3/b5-3-. The second kappa shape index (κ2) is 13.6. The predicted octanol–water partition coefficient (Wildman–Crippen LogP) is 11.0. The van der Waals surface area contributed by atoms with Gasteiger partial charge in [0, 0.05) is 11.1 Å². The maximum atomic E-state index is 15.3. The highest BCUT2D eigenvalue weighted by Crippen LogP contribution is 2.44. The van der Waals surface area contributed by atoms with Crippen molar-refractivity contribution in [3.05, 3.63) is 102 Å². The second-order valence-corrected chi connectivity index (χ2v) is 11.8. The third kappa shape index (κ3) is 6.80. The monoisotopic (exact) mass is 558 g/mol. The Balaban J connectivity index is 1.22. The SMILES string of the molecule is C=CC1CCC(C2CCC(c3ccc(-c4ccc(-c5ccc(OCC/C=C\C)c(F)c5F)cc4)c(F)c3)CC2)CC1. The summed E-state index contributed by atoms with van der Waals surface area (Å²) in [4.78, 5) is 0. The molecule has 2 saturated carbocycles. The summed E-state index contributed by atoms with van der Waals surface area (Å²) in [7, 11) is 0. The molecule has 3 aromatic carbocycles. The number of ether oxygens (including phenoxy) is 1. The van der Waals surface area contributed by atoms with Gasteiger partial charge in [-0.1, -0.05) is 54.6 Å². The first-order valence-corrected chi connectivity index (χ1v) is 15.2. The number of benzene rings is 3. The van der Waals surface area contributed by atoms with Gasteiger partial charge >= 0.3 is 0 Å². The molecule has 0 atom stereocenters. The Hall–Kier alpha value is -3.27. The smallest absolute Gasteiger partial charge is 0.201 e. The van der Waals surface area contributed by atoms with Crippen LogP contribution in [0.5, 0.6) is 5.75 Å². The quantitative estimate of drug-likeness (QED) is 0.187. The highest BCUT2D eigenvalue weighted by atomic mass is 19.2. The van der Waals surface area contributed by atoms with Crippen LogP contribution < -0.4 is 4.74 Å². The molecule has 0 N–H and O–H groups in total. The molecule has 0 heterocycles. The molecule has 4 heteroatoms. The van der Waals surface area contributed by atoms with E-state index in [2.05, 4.69) is 18.7 Å². The van der Waals surface area contributed by atoms with Crippen LogP contribution in [0.3, 0.4) is 0 Å². The Bertz CT molecular complexity index is 1340. The first kappa shape index (κ1) is 29.2. The van der Waals surface area contributed by atoms with Crippen molar-refractivity contribution in [1.82, 2.24) is 0 Å². The first-order chi connectivity index (χ1) is 20.0. The fourth-order valence-corrected chi connectivity index (χ4v) is 6.89. The molecule has 0 amide bonds. The van der Waals surface area contributed by atoms with Gasteiger partial charge in [-0.2, -0.15) is 4.39 Å². The molecule has 216 valence electrons. The number of allylic oxidation sites excluding steroid dienone is 2. The second-order valence-electron chi connectivity index (χ2n) is 11.8. The molecule has 3 aromatic rings. The Morgan fingerprint density at radius 1 is 0.756 bits per heavy atom. The van der Waals surface area contributed by atoms with Crippen molar-refractivity contribution in [2.75, 3.05) is 6.61 Å². The van der Waals surface area contributed by atoms with E-state index in [1.54, 1.807) is 30.3 Å². The van der Waals surface area contributed by atoms with Crippen LogP contribution >= 0.6 is 0 Å². The maximum Gasteiger partial charge on any atom is 0.201 e. The van der Waals surface area contributed by atoms with Crippen LogP contribution in [0.1, 0.15) is 76.2 Å². The lowest BCUT2D eigenvalue weighted by atomic mass is 9.68. The van der Waals surface area contributed by atoms with Crippen LogP contribution in [-0.4, -0.2) is 6.61 Å². The third-order valence-corrected chi connectivity index (χ3v) is 9.38. The average Bonchev–Trinajstić information content (AvgIpc) is 3.01. The van der Waals surface area contributed by atoms with Crippen LogP contribution in [0, 0.1) is 35.2 Å². The van der Waals surface area contributed by atoms with Crippen molar-refractivity contribution < 1.29 is 17.9 Å². The number of halogens is 3. The number of hydrogen-bond donors (Lipinski definition) is 0. The van der Waals surface area contributed by atoms with E-state index >= 15 is 4.39 Å². The van der Waals surface area contributed by atoms with E-state index in [0.717, 1.165) is 30.2 Å². The van der Waals surface area contributed by atoms with Crippen molar-refractivity contribution in [1.29, 1.82) is 0 Å². The summed E-state index contributed by atoms with van der Waals surface area (Å²) >= 11 is 0. The van der Waals surface area contributed by atoms with Gasteiger partial charge in [0.15, 0.2) is 11.6 Å². The van der Waals surface area contributed by atoms with E-state index in [1.165, 1.54) is 50.7 Å². The summed E-state index contributed by atoms with van der Waals surface area (Å²) in [5.74, 6) is 0.488. The van der Waals surface area contributed by atoms with E-state index in [-0.39, 0.29) is 23.7 Å². The zero-order valence-corrected chi connectivity index (χ0v) is 24.1. The molecule has 1 nitrogen and oxygen atoms in total.